The molecule has 6 nitrogen and oxygen atoms in total. The van der Waals surface area contributed by atoms with E-state index in [0.29, 0.717) is 6.04 Å². The minimum Gasteiger partial charge on any atom is -0.392 e. The fourth-order valence-electron chi connectivity index (χ4n) is 2.46. The van der Waals surface area contributed by atoms with E-state index in [1.54, 1.807) is 0 Å². The van der Waals surface area contributed by atoms with Crippen molar-refractivity contribution in [1.82, 2.24) is 19.4 Å². The summed E-state index contributed by atoms with van der Waals surface area (Å²) in [6, 6.07) is 0.390. The molecule has 0 aliphatic carbocycles. The molecule has 1 aliphatic rings. The highest BCUT2D eigenvalue weighted by Crippen LogP contribution is 2.24. The van der Waals surface area contributed by atoms with Crippen molar-refractivity contribution in [1.29, 1.82) is 0 Å². The van der Waals surface area contributed by atoms with Crippen LogP contribution < -0.4 is 5.32 Å². The van der Waals surface area contributed by atoms with Crippen molar-refractivity contribution in [3.8, 4) is 0 Å². The van der Waals surface area contributed by atoms with Gasteiger partial charge in [-0.1, -0.05) is 4.49 Å². The number of nitrogens with one attached hydrogen (secondary N) is 1. The number of aromatic nitrogens is 2. The van der Waals surface area contributed by atoms with Gasteiger partial charge in [0.15, 0.2) is 0 Å². The molecular formula is C11H21N5OS. The van der Waals surface area contributed by atoms with Gasteiger partial charge in [-0.2, -0.15) is 0 Å². The molecule has 102 valence electrons. The molecule has 18 heavy (non-hydrogen) atoms. The van der Waals surface area contributed by atoms with Crippen LogP contribution in [0.1, 0.15) is 12.1 Å². The third-order valence-electron chi connectivity index (χ3n) is 3.22. The third kappa shape index (κ3) is 3.17. The molecule has 1 saturated heterocycles. The van der Waals surface area contributed by atoms with Crippen LogP contribution in [0.15, 0.2) is 0 Å². The Morgan fingerprint density at radius 2 is 2.33 bits per heavy atom. The molecule has 0 aromatic carbocycles. The Morgan fingerprint density at radius 3 is 3.00 bits per heavy atom. The second-order valence-electron chi connectivity index (χ2n) is 5.03. The smallest absolute Gasteiger partial charge is 0.134 e. The van der Waals surface area contributed by atoms with E-state index in [0.717, 1.165) is 36.8 Å². The van der Waals surface area contributed by atoms with Gasteiger partial charge in [-0.15, -0.1) is 5.10 Å². The maximum atomic E-state index is 9.83. The van der Waals surface area contributed by atoms with E-state index in [9.17, 15) is 5.11 Å². The number of anilines is 1. The van der Waals surface area contributed by atoms with Crippen LogP contribution in [-0.2, 0) is 6.54 Å². The Morgan fingerprint density at radius 1 is 1.56 bits per heavy atom. The topological polar surface area (TPSA) is 64.5 Å². The van der Waals surface area contributed by atoms with Gasteiger partial charge in [0.25, 0.3) is 0 Å². The van der Waals surface area contributed by atoms with Crippen LogP contribution in [0.2, 0.25) is 0 Å². The minimum atomic E-state index is -0.223. The molecule has 0 spiro atoms. The molecule has 2 atom stereocenters. The first-order chi connectivity index (χ1) is 8.60. The van der Waals surface area contributed by atoms with E-state index in [4.69, 9.17) is 0 Å². The van der Waals surface area contributed by atoms with Crippen LogP contribution in [-0.4, -0.2) is 70.9 Å². The lowest BCUT2D eigenvalue weighted by Gasteiger charge is -2.26. The summed E-state index contributed by atoms with van der Waals surface area (Å²) in [7, 11) is 6.01. The highest BCUT2D eigenvalue weighted by atomic mass is 32.1. The maximum absolute atomic E-state index is 9.83. The van der Waals surface area contributed by atoms with Crippen LogP contribution in [0.5, 0.6) is 0 Å². The molecule has 0 amide bonds. The van der Waals surface area contributed by atoms with E-state index in [-0.39, 0.29) is 6.10 Å². The minimum absolute atomic E-state index is 0.223. The zero-order valence-electron chi connectivity index (χ0n) is 11.1. The van der Waals surface area contributed by atoms with Crippen molar-refractivity contribution in [3.05, 3.63) is 5.69 Å². The second-order valence-corrected chi connectivity index (χ2v) is 5.79. The van der Waals surface area contributed by atoms with Gasteiger partial charge < -0.3 is 15.3 Å². The fourth-order valence-corrected chi connectivity index (χ4v) is 2.98. The van der Waals surface area contributed by atoms with Crippen molar-refractivity contribution in [3.63, 3.8) is 0 Å². The molecular weight excluding hydrogens is 250 g/mol. The Kier molecular flexibility index (Phi) is 4.50. The Bertz CT molecular complexity index is 383. The predicted octanol–water partition coefficient (Wildman–Crippen LogP) is 0.0766. The molecule has 1 aromatic rings. The number of hydrogen-bond donors (Lipinski definition) is 2. The molecule has 1 aromatic heterocycles. The summed E-state index contributed by atoms with van der Waals surface area (Å²) in [4.78, 5) is 4.45. The predicted molar refractivity (Wildman–Crippen MR) is 72.8 cm³/mol. The normalized spacial score (nSPS) is 24.9. The monoisotopic (exact) mass is 271 g/mol. The summed E-state index contributed by atoms with van der Waals surface area (Å²) in [6.45, 7) is 2.44. The standard InChI is InChI=1S/C11H21N5OS/c1-12-11-10(13-14-18-11)7-16-6-9(17)4-8(16)5-15(2)3/h8-9,12,17H,4-7H2,1-3H3. The van der Waals surface area contributed by atoms with Gasteiger partial charge in [-0.25, -0.2) is 0 Å². The van der Waals surface area contributed by atoms with Crippen molar-refractivity contribution in [2.75, 3.05) is 39.5 Å². The molecule has 0 saturated carbocycles. The van der Waals surface area contributed by atoms with E-state index in [1.165, 1.54) is 11.5 Å². The number of hydrogen-bond acceptors (Lipinski definition) is 7. The Balaban J connectivity index is 2.02. The molecule has 7 heteroatoms. The Hall–Kier alpha value is -0.760. The second kappa shape index (κ2) is 5.92. The summed E-state index contributed by atoms with van der Waals surface area (Å²) >= 11 is 1.38. The molecule has 2 heterocycles. The molecule has 1 fully saturated rings. The zero-order valence-corrected chi connectivity index (χ0v) is 11.9. The zero-order chi connectivity index (χ0) is 13.1. The molecule has 0 bridgehead atoms. The molecule has 2 N–H and O–H groups in total. The van der Waals surface area contributed by atoms with E-state index < -0.39 is 0 Å². The Labute approximate surface area is 112 Å². The van der Waals surface area contributed by atoms with Gasteiger partial charge >= 0.3 is 0 Å². The van der Waals surface area contributed by atoms with Crippen molar-refractivity contribution >= 4 is 16.5 Å². The van der Waals surface area contributed by atoms with E-state index >= 15 is 0 Å². The first-order valence-electron chi connectivity index (χ1n) is 6.16. The van der Waals surface area contributed by atoms with Gasteiger partial charge in [0.1, 0.15) is 10.7 Å². The highest BCUT2D eigenvalue weighted by molar-refractivity contribution is 7.10. The van der Waals surface area contributed by atoms with Crippen molar-refractivity contribution in [2.24, 2.45) is 0 Å². The van der Waals surface area contributed by atoms with Crippen LogP contribution in [0.3, 0.4) is 0 Å². The first-order valence-corrected chi connectivity index (χ1v) is 6.93. The summed E-state index contributed by atoms with van der Waals surface area (Å²) in [6.07, 6.45) is 0.615. The van der Waals surface area contributed by atoms with Crippen LogP contribution in [0.4, 0.5) is 5.00 Å². The average molecular weight is 271 g/mol. The number of nitrogens with zero attached hydrogens (tertiary/aromatic N) is 4. The van der Waals surface area contributed by atoms with Gasteiger partial charge in [0.05, 0.1) is 6.10 Å². The summed E-state index contributed by atoms with van der Waals surface area (Å²) < 4.78 is 3.97. The number of rotatable bonds is 5. The number of likely N-dealkylation sites (tertiary alicyclic amines) is 1. The highest BCUT2D eigenvalue weighted by Gasteiger charge is 2.32. The molecule has 1 aliphatic heterocycles. The third-order valence-corrected chi connectivity index (χ3v) is 4.00. The van der Waals surface area contributed by atoms with Gasteiger partial charge in [-0.3, -0.25) is 4.90 Å². The summed E-state index contributed by atoms with van der Waals surface area (Å²) in [5.41, 5.74) is 0.973. The summed E-state index contributed by atoms with van der Waals surface area (Å²) in [5, 5.41) is 18.1. The number of aliphatic hydroxyl groups is 1. The molecule has 2 unspecified atom stereocenters. The van der Waals surface area contributed by atoms with Crippen LogP contribution in [0.25, 0.3) is 0 Å². The van der Waals surface area contributed by atoms with Gasteiger partial charge in [0, 0.05) is 44.3 Å². The summed E-state index contributed by atoms with van der Waals surface area (Å²) in [5.74, 6) is 0. The van der Waals surface area contributed by atoms with E-state index in [1.807, 2.05) is 7.05 Å². The SMILES string of the molecule is CNc1snnc1CN1CC(O)CC1CN(C)C. The average Bonchev–Trinajstić information content (AvgIpc) is 2.86. The lowest BCUT2D eigenvalue weighted by molar-refractivity contribution is 0.168. The number of β-amino-alcohol motifs (C(OH)–C–C–N with tert-alkyl or cyclic N) is 1. The largest absolute Gasteiger partial charge is 0.392 e. The molecule has 0 radical (unpaired) electrons. The van der Waals surface area contributed by atoms with Gasteiger partial charge in [0.2, 0.25) is 0 Å². The van der Waals surface area contributed by atoms with Crippen LogP contribution >= 0.6 is 11.5 Å². The number of likely N-dealkylation sites (N-methyl/N-ethyl adjacent to an activating group) is 1. The van der Waals surface area contributed by atoms with E-state index in [2.05, 4.69) is 38.8 Å². The molecule has 2 rings (SSSR count). The lowest BCUT2D eigenvalue weighted by Crippen LogP contribution is -2.37. The van der Waals surface area contributed by atoms with Crippen LogP contribution in [0, 0.1) is 0 Å². The van der Waals surface area contributed by atoms with Gasteiger partial charge in [-0.05, 0) is 20.5 Å². The lowest BCUT2D eigenvalue weighted by atomic mass is 10.2. The quantitative estimate of drug-likeness (QED) is 0.790. The number of aliphatic hydroxyl groups excluding tert-OH is 1. The fraction of sp³-hybridized carbons (Fsp3) is 0.818. The van der Waals surface area contributed by atoms with Crippen molar-refractivity contribution < 1.29 is 5.11 Å². The maximum Gasteiger partial charge on any atom is 0.134 e. The first kappa shape index (κ1) is 13.7. The van der Waals surface area contributed by atoms with Crippen molar-refractivity contribution in [2.45, 2.75) is 25.1 Å².